The number of carboxylic acids is 1. The molecule has 1 aromatic rings. The van der Waals surface area contributed by atoms with E-state index in [1.165, 1.54) is 12.5 Å². The summed E-state index contributed by atoms with van der Waals surface area (Å²) in [6.07, 6.45) is 3.83. The number of hydrogen-bond donors (Lipinski definition) is 2. The fourth-order valence-electron chi connectivity index (χ4n) is 3.05. The van der Waals surface area contributed by atoms with Crippen LogP contribution in [-0.4, -0.2) is 36.7 Å². The molecule has 1 aromatic carbocycles. The zero-order valence-corrected chi connectivity index (χ0v) is 17.2. The number of benzene rings is 1. The van der Waals surface area contributed by atoms with E-state index in [-0.39, 0.29) is 5.92 Å². The number of rotatable bonds is 11. The number of aliphatic carboxylic acids is 1. The highest BCUT2D eigenvalue weighted by Crippen LogP contribution is 2.24. The number of nitrogens with one attached hydrogen (secondary N) is 1. The van der Waals surface area contributed by atoms with Gasteiger partial charge in [-0.25, -0.2) is 4.79 Å². The quantitative estimate of drug-likeness (QED) is 0.438. The summed E-state index contributed by atoms with van der Waals surface area (Å²) in [5.74, 6) is -1.72. The molecule has 6 heteroatoms. The number of carbonyl (C=O) groups is 1. The predicted molar refractivity (Wildman–Crippen MR) is 108 cm³/mol. The van der Waals surface area contributed by atoms with Gasteiger partial charge in [0.2, 0.25) is 0 Å². The van der Waals surface area contributed by atoms with Crippen molar-refractivity contribution in [2.24, 2.45) is 11.8 Å². The Hall–Kier alpha value is -1.89. The maximum absolute atomic E-state index is 11.1. The number of carboxylic acid groups (broad SMARTS) is 1. The van der Waals surface area contributed by atoms with Crippen molar-refractivity contribution in [1.29, 1.82) is 0 Å². The lowest BCUT2D eigenvalue weighted by atomic mass is 10.0. The van der Waals surface area contributed by atoms with Crippen molar-refractivity contribution in [3.8, 4) is 0 Å². The molecule has 0 spiro atoms. The van der Waals surface area contributed by atoms with E-state index in [0.717, 1.165) is 36.9 Å². The second-order valence-electron chi connectivity index (χ2n) is 7.96. The molecule has 0 aromatic heterocycles. The first-order valence-electron chi connectivity index (χ1n) is 9.97. The van der Waals surface area contributed by atoms with Gasteiger partial charge in [-0.3, -0.25) is 10.3 Å². The van der Waals surface area contributed by atoms with Crippen LogP contribution in [0.4, 0.5) is 0 Å². The van der Waals surface area contributed by atoms with Crippen molar-refractivity contribution in [3.05, 3.63) is 42.0 Å². The molecular formula is C22H33NO5. The lowest BCUT2D eigenvalue weighted by Crippen LogP contribution is -2.47. The highest BCUT2D eigenvalue weighted by atomic mass is 16.7. The molecule has 2 rings (SSSR count). The molecule has 6 nitrogen and oxygen atoms in total. The van der Waals surface area contributed by atoms with Gasteiger partial charge in [0.05, 0.1) is 25.5 Å². The molecule has 0 bridgehead atoms. The van der Waals surface area contributed by atoms with Gasteiger partial charge in [-0.15, -0.1) is 0 Å². The van der Waals surface area contributed by atoms with Gasteiger partial charge in [-0.05, 0) is 36.3 Å². The van der Waals surface area contributed by atoms with Crippen LogP contribution < -0.4 is 5.48 Å². The Kier molecular flexibility index (Phi) is 8.48. The Labute approximate surface area is 167 Å². The molecule has 0 amide bonds. The number of unbranched alkanes of at least 4 members (excludes halogenated alkanes) is 1. The van der Waals surface area contributed by atoms with Gasteiger partial charge in [0, 0.05) is 12.8 Å². The summed E-state index contributed by atoms with van der Waals surface area (Å²) in [6.45, 7) is 11.3. The van der Waals surface area contributed by atoms with Crippen LogP contribution in [0.3, 0.4) is 0 Å². The topological polar surface area (TPSA) is 77.0 Å². The molecule has 1 heterocycles. The first-order chi connectivity index (χ1) is 13.3. The normalized spacial score (nSPS) is 22.2. The molecule has 0 atom stereocenters. The van der Waals surface area contributed by atoms with Gasteiger partial charge >= 0.3 is 5.97 Å². The van der Waals surface area contributed by atoms with Crippen molar-refractivity contribution in [1.82, 2.24) is 5.48 Å². The molecular weight excluding hydrogens is 358 g/mol. The Bertz CT molecular complexity index is 633. The van der Waals surface area contributed by atoms with Crippen LogP contribution in [-0.2, 0) is 25.5 Å². The predicted octanol–water partition coefficient (Wildman–Crippen LogP) is 4.01. The molecule has 0 aliphatic carbocycles. The van der Waals surface area contributed by atoms with Crippen LogP contribution in [0.2, 0.25) is 0 Å². The minimum atomic E-state index is -1.50. The summed E-state index contributed by atoms with van der Waals surface area (Å²) in [5.41, 5.74) is 6.00. The highest BCUT2D eigenvalue weighted by Gasteiger charge is 2.40. The van der Waals surface area contributed by atoms with E-state index in [2.05, 4.69) is 50.2 Å². The van der Waals surface area contributed by atoms with Crippen LogP contribution >= 0.6 is 0 Å². The third-order valence-corrected chi connectivity index (χ3v) is 4.83. The molecule has 156 valence electrons. The summed E-state index contributed by atoms with van der Waals surface area (Å²) < 4.78 is 10.7. The van der Waals surface area contributed by atoms with Gasteiger partial charge in [-0.1, -0.05) is 51.1 Å². The molecule has 0 saturated carbocycles. The molecule has 1 fully saturated rings. The van der Waals surface area contributed by atoms with Crippen molar-refractivity contribution in [3.63, 3.8) is 0 Å². The summed E-state index contributed by atoms with van der Waals surface area (Å²) in [6, 6.07) is 8.38. The summed E-state index contributed by atoms with van der Waals surface area (Å²) in [5, 5.41) is 9.05. The van der Waals surface area contributed by atoms with Crippen LogP contribution in [0.1, 0.15) is 51.2 Å². The van der Waals surface area contributed by atoms with Crippen LogP contribution in [0.5, 0.6) is 0 Å². The number of hydroxylamine groups is 1. The Morgan fingerprint density at radius 3 is 2.50 bits per heavy atom. The fraction of sp³-hybridized carbons (Fsp3) is 0.591. The van der Waals surface area contributed by atoms with Crippen molar-refractivity contribution < 1.29 is 24.2 Å². The molecule has 2 N–H and O–H groups in total. The van der Waals surface area contributed by atoms with Gasteiger partial charge in [0.1, 0.15) is 0 Å². The first-order valence-corrected chi connectivity index (χ1v) is 9.97. The number of hydrogen-bond acceptors (Lipinski definition) is 5. The lowest BCUT2D eigenvalue weighted by molar-refractivity contribution is -0.271. The van der Waals surface area contributed by atoms with E-state index in [1.54, 1.807) is 0 Å². The summed E-state index contributed by atoms with van der Waals surface area (Å²) in [4.78, 5) is 16.6. The van der Waals surface area contributed by atoms with Crippen molar-refractivity contribution in [2.45, 2.75) is 52.2 Å². The van der Waals surface area contributed by atoms with Crippen molar-refractivity contribution in [2.75, 3.05) is 19.8 Å². The molecule has 0 radical (unpaired) electrons. The molecule has 0 unspecified atom stereocenters. The first kappa shape index (κ1) is 22.4. The summed E-state index contributed by atoms with van der Waals surface area (Å²) in [7, 11) is 0. The van der Waals surface area contributed by atoms with Crippen LogP contribution in [0.25, 0.3) is 5.70 Å². The van der Waals surface area contributed by atoms with Gasteiger partial charge in [0.15, 0.2) is 0 Å². The van der Waals surface area contributed by atoms with E-state index in [4.69, 9.17) is 19.4 Å². The summed E-state index contributed by atoms with van der Waals surface area (Å²) >= 11 is 0. The second-order valence-corrected chi connectivity index (χ2v) is 7.96. The minimum absolute atomic E-state index is 0.222. The average Bonchev–Trinajstić information content (AvgIpc) is 2.66. The largest absolute Gasteiger partial charge is 0.477 e. The minimum Gasteiger partial charge on any atom is -0.477 e. The molecule has 1 aliphatic heterocycles. The van der Waals surface area contributed by atoms with Gasteiger partial charge in [0.25, 0.3) is 5.79 Å². The monoisotopic (exact) mass is 391 g/mol. The Balaban J connectivity index is 1.57. The van der Waals surface area contributed by atoms with Crippen LogP contribution in [0, 0.1) is 11.8 Å². The molecule has 1 saturated heterocycles. The van der Waals surface area contributed by atoms with E-state index in [0.29, 0.717) is 25.7 Å². The standard InChI is InChI=1S/C22H33NO5/c1-16(2)13-18-8-10-20(11-9-18)17(3)23-28-12-6-5-7-19-14-26-22(4,21(24)25)27-15-19/h8-11,16,19,23H,3,5-7,12-15H2,1-2,4H3,(H,24,25). The van der Waals surface area contributed by atoms with E-state index >= 15 is 0 Å². The maximum Gasteiger partial charge on any atom is 0.364 e. The van der Waals surface area contributed by atoms with Gasteiger partial charge in [-0.2, -0.15) is 0 Å². The van der Waals surface area contributed by atoms with E-state index < -0.39 is 11.8 Å². The highest BCUT2D eigenvalue weighted by molar-refractivity contribution is 5.75. The third kappa shape index (κ3) is 6.93. The smallest absolute Gasteiger partial charge is 0.364 e. The Morgan fingerprint density at radius 1 is 1.29 bits per heavy atom. The average molecular weight is 392 g/mol. The van der Waals surface area contributed by atoms with Crippen molar-refractivity contribution >= 4 is 11.7 Å². The third-order valence-electron chi connectivity index (χ3n) is 4.83. The van der Waals surface area contributed by atoms with E-state index in [1.807, 2.05) is 0 Å². The zero-order chi connectivity index (χ0) is 20.6. The van der Waals surface area contributed by atoms with E-state index in [9.17, 15) is 4.79 Å². The zero-order valence-electron chi connectivity index (χ0n) is 17.2. The maximum atomic E-state index is 11.1. The Morgan fingerprint density at radius 2 is 1.93 bits per heavy atom. The van der Waals surface area contributed by atoms with Crippen LogP contribution in [0.15, 0.2) is 30.8 Å². The fourth-order valence-corrected chi connectivity index (χ4v) is 3.05. The van der Waals surface area contributed by atoms with Gasteiger partial charge < -0.3 is 14.6 Å². The SMILES string of the molecule is C=C(NOCCCCC1COC(C)(C(=O)O)OC1)c1ccc(CC(C)C)cc1. The lowest BCUT2D eigenvalue weighted by Gasteiger charge is -2.34. The molecule has 28 heavy (non-hydrogen) atoms. The second kappa shape index (κ2) is 10.6. The number of ether oxygens (including phenoxy) is 2. The molecule has 1 aliphatic rings.